The topological polar surface area (TPSA) is 35.5 Å². The Morgan fingerprint density at radius 3 is 2.44 bits per heavy atom. The quantitative estimate of drug-likeness (QED) is 0.565. The van der Waals surface area contributed by atoms with Gasteiger partial charge in [0.05, 0.1) is 24.7 Å². The van der Waals surface area contributed by atoms with Crippen molar-refractivity contribution in [3.63, 3.8) is 0 Å². The van der Waals surface area contributed by atoms with Crippen LogP contribution in [0.15, 0.2) is 24.3 Å². The minimum atomic E-state index is -0.431. The largest absolute Gasteiger partial charge is 0.465 e. The van der Waals surface area contributed by atoms with Gasteiger partial charge in [-0.3, -0.25) is 4.79 Å². The third-order valence-electron chi connectivity index (χ3n) is 6.46. The highest BCUT2D eigenvalue weighted by atomic mass is 16.5. The summed E-state index contributed by atoms with van der Waals surface area (Å²) in [7, 11) is 0. The van der Waals surface area contributed by atoms with Crippen LogP contribution < -0.4 is 0 Å². The van der Waals surface area contributed by atoms with Crippen LogP contribution in [0.4, 0.5) is 0 Å². The Labute approximate surface area is 164 Å². The molecule has 2 saturated carbocycles. The van der Waals surface area contributed by atoms with E-state index in [9.17, 15) is 4.79 Å². The second kappa shape index (κ2) is 9.23. The van der Waals surface area contributed by atoms with E-state index in [-0.39, 0.29) is 12.1 Å². The lowest BCUT2D eigenvalue weighted by Gasteiger charge is -2.41. The summed E-state index contributed by atoms with van der Waals surface area (Å²) in [5.41, 5.74) is 2.01. The second-order valence-electron chi connectivity index (χ2n) is 9.05. The van der Waals surface area contributed by atoms with Crippen molar-refractivity contribution in [2.75, 3.05) is 6.61 Å². The van der Waals surface area contributed by atoms with Gasteiger partial charge in [-0.05, 0) is 56.4 Å². The predicted molar refractivity (Wildman–Crippen MR) is 108 cm³/mol. The van der Waals surface area contributed by atoms with E-state index in [0.29, 0.717) is 25.0 Å². The van der Waals surface area contributed by atoms with Crippen LogP contribution in [0.3, 0.4) is 0 Å². The van der Waals surface area contributed by atoms with Gasteiger partial charge in [-0.2, -0.15) is 0 Å². The highest BCUT2D eigenvalue weighted by Crippen LogP contribution is 2.52. The first-order valence-electron chi connectivity index (χ1n) is 10.9. The average Bonchev–Trinajstić information content (AvgIpc) is 3.11. The number of esters is 1. The zero-order chi connectivity index (χ0) is 19.3. The van der Waals surface area contributed by atoms with Crippen LogP contribution in [-0.4, -0.2) is 18.7 Å². The van der Waals surface area contributed by atoms with Crippen molar-refractivity contribution in [1.29, 1.82) is 0 Å². The summed E-state index contributed by atoms with van der Waals surface area (Å²) in [6, 6.07) is 8.50. The highest BCUT2D eigenvalue weighted by Gasteiger charge is 2.55. The van der Waals surface area contributed by atoms with Crippen LogP contribution in [0.5, 0.6) is 0 Å². The number of rotatable bonds is 7. The number of ether oxygens (including phenoxy) is 2. The molecule has 2 atom stereocenters. The fourth-order valence-electron chi connectivity index (χ4n) is 4.97. The van der Waals surface area contributed by atoms with E-state index in [1.807, 2.05) is 0 Å². The van der Waals surface area contributed by atoms with E-state index < -0.39 is 5.41 Å². The van der Waals surface area contributed by atoms with Gasteiger partial charge < -0.3 is 9.47 Å². The van der Waals surface area contributed by atoms with E-state index in [0.717, 1.165) is 32.1 Å². The van der Waals surface area contributed by atoms with Gasteiger partial charge in [0.25, 0.3) is 0 Å². The summed E-state index contributed by atoms with van der Waals surface area (Å²) in [6.45, 7) is 7.39. The van der Waals surface area contributed by atoms with Gasteiger partial charge in [0.1, 0.15) is 0 Å². The molecule has 3 rings (SSSR count). The number of aryl methyl sites for hydroxylation is 1. The molecule has 1 aromatic rings. The van der Waals surface area contributed by atoms with Crippen molar-refractivity contribution >= 4 is 5.97 Å². The molecule has 0 aromatic heterocycles. The van der Waals surface area contributed by atoms with Crippen LogP contribution >= 0.6 is 0 Å². The molecule has 0 aliphatic heterocycles. The molecule has 0 radical (unpaired) electrons. The molecule has 3 heteroatoms. The monoisotopic (exact) mass is 372 g/mol. The van der Waals surface area contributed by atoms with E-state index in [2.05, 4.69) is 45.0 Å². The van der Waals surface area contributed by atoms with E-state index in [4.69, 9.17) is 9.47 Å². The molecule has 2 unspecified atom stereocenters. The predicted octanol–water partition coefficient (Wildman–Crippen LogP) is 5.83. The Balaban J connectivity index is 1.76. The summed E-state index contributed by atoms with van der Waals surface area (Å²) in [5.74, 6) is 0.789. The van der Waals surface area contributed by atoms with Gasteiger partial charge in [-0.15, -0.1) is 0 Å². The van der Waals surface area contributed by atoms with Crippen LogP contribution in [0.25, 0.3) is 0 Å². The molecule has 2 fully saturated rings. The summed E-state index contributed by atoms with van der Waals surface area (Å²) in [4.78, 5) is 13.3. The van der Waals surface area contributed by atoms with E-state index in [1.54, 1.807) is 0 Å². The van der Waals surface area contributed by atoms with Gasteiger partial charge in [0.2, 0.25) is 0 Å². The van der Waals surface area contributed by atoms with Gasteiger partial charge in [0.15, 0.2) is 0 Å². The third kappa shape index (κ3) is 4.74. The van der Waals surface area contributed by atoms with Crippen molar-refractivity contribution in [2.45, 2.75) is 84.8 Å². The number of hydrogen-bond donors (Lipinski definition) is 0. The zero-order valence-corrected chi connectivity index (χ0v) is 17.3. The Hall–Kier alpha value is -1.35. The molecule has 0 N–H and O–H groups in total. The zero-order valence-electron chi connectivity index (χ0n) is 17.3. The lowest BCUT2D eigenvalue weighted by molar-refractivity contribution is -0.174. The highest BCUT2D eigenvalue weighted by molar-refractivity contribution is 5.78. The minimum Gasteiger partial charge on any atom is -0.465 e. The van der Waals surface area contributed by atoms with Crippen LogP contribution in [0, 0.1) is 24.2 Å². The Morgan fingerprint density at radius 2 is 1.78 bits per heavy atom. The summed E-state index contributed by atoms with van der Waals surface area (Å²) in [5, 5.41) is 0. The van der Waals surface area contributed by atoms with Crippen molar-refractivity contribution in [2.24, 2.45) is 17.3 Å². The van der Waals surface area contributed by atoms with Gasteiger partial charge >= 0.3 is 5.97 Å². The van der Waals surface area contributed by atoms with Crippen LogP contribution in [0.1, 0.15) is 76.3 Å². The number of carbonyl (C=O) groups is 1. The molecule has 0 spiro atoms. The van der Waals surface area contributed by atoms with Gasteiger partial charge in [-0.1, -0.05) is 62.9 Å². The van der Waals surface area contributed by atoms with E-state index >= 15 is 0 Å². The summed E-state index contributed by atoms with van der Waals surface area (Å²) in [6.07, 6.45) is 8.98. The molecular weight excluding hydrogens is 336 g/mol. The molecule has 2 aliphatic carbocycles. The summed E-state index contributed by atoms with van der Waals surface area (Å²) >= 11 is 0. The maximum atomic E-state index is 13.3. The molecule has 27 heavy (non-hydrogen) atoms. The number of carbonyl (C=O) groups excluding carboxylic acids is 1. The normalized spacial score (nSPS) is 26.4. The first-order valence-corrected chi connectivity index (χ1v) is 10.9. The molecule has 1 aromatic carbocycles. The average molecular weight is 373 g/mol. The molecule has 2 aliphatic rings. The lowest BCUT2D eigenvalue weighted by atomic mass is 9.66. The van der Waals surface area contributed by atoms with Crippen molar-refractivity contribution in [3.05, 3.63) is 35.4 Å². The van der Waals surface area contributed by atoms with Crippen molar-refractivity contribution in [1.82, 2.24) is 0 Å². The van der Waals surface area contributed by atoms with E-state index in [1.165, 1.54) is 30.4 Å². The molecule has 150 valence electrons. The molecule has 3 nitrogen and oxygen atoms in total. The Morgan fingerprint density at radius 1 is 1.07 bits per heavy atom. The smallest absolute Gasteiger partial charge is 0.315 e. The fourth-order valence-corrected chi connectivity index (χ4v) is 4.97. The van der Waals surface area contributed by atoms with Crippen LogP contribution in [-0.2, 0) is 20.9 Å². The molecule has 0 heterocycles. The number of hydrogen-bond acceptors (Lipinski definition) is 3. The molecule has 0 bridgehead atoms. The van der Waals surface area contributed by atoms with Crippen LogP contribution in [0.2, 0.25) is 0 Å². The minimum absolute atomic E-state index is 0.00880. The standard InChI is InChI=1S/C24H36O3/c1-18(2)16-27-23(25)24(21-8-5-4-6-9-21)15-7-10-22(24)26-17-20-13-11-19(3)12-14-20/h11-14,18,21-22H,4-10,15-17H2,1-3H3. The van der Waals surface area contributed by atoms with Crippen molar-refractivity contribution in [3.8, 4) is 0 Å². The Kier molecular flexibility index (Phi) is 6.97. The van der Waals surface area contributed by atoms with Crippen molar-refractivity contribution < 1.29 is 14.3 Å². The third-order valence-corrected chi connectivity index (χ3v) is 6.46. The Bertz CT molecular complexity index is 601. The molecular formula is C24H36O3. The maximum absolute atomic E-state index is 13.3. The summed E-state index contributed by atoms with van der Waals surface area (Å²) < 4.78 is 12.2. The first-order chi connectivity index (χ1) is 13.0. The lowest BCUT2D eigenvalue weighted by Crippen LogP contribution is -2.48. The first kappa shape index (κ1) is 20.4. The fraction of sp³-hybridized carbons (Fsp3) is 0.708. The maximum Gasteiger partial charge on any atom is 0.315 e. The SMILES string of the molecule is Cc1ccc(COC2CCCC2(C(=O)OCC(C)C)C2CCCCC2)cc1. The van der Waals surface area contributed by atoms with Gasteiger partial charge in [-0.25, -0.2) is 0 Å². The number of benzene rings is 1. The molecule has 0 amide bonds. The molecule has 0 saturated heterocycles. The van der Waals surface area contributed by atoms with Gasteiger partial charge in [0, 0.05) is 0 Å². The second-order valence-corrected chi connectivity index (χ2v) is 9.05.